The van der Waals surface area contributed by atoms with Gasteiger partial charge in [0.1, 0.15) is 0 Å². The third kappa shape index (κ3) is 14.1. The van der Waals surface area contributed by atoms with Crippen molar-refractivity contribution in [3.05, 3.63) is 5.75 Å². The van der Waals surface area contributed by atoms with Crippen molar-refractivity contribution in [3.8, 4) is 0 Å². The first-order valence-corrected chi connectivity index (χ1v) is 10.1. The van der Waals surface area contributed by atoms with E-state index >= 15 is 0 Å². The van der Waals surface area contributed by atoms with Gasteiger partial charge in [-0.3, -0.25) is 5.75 Å². The Morgan fingerprint density at radius 2 is 1.77 bits per heavy atom. The van der Waals surface area contributed by atoms with E-state index in [4.69, 9.17) is 20.3 Å². The van der Waals surface area contributed by atoms with Gasteiger partial charge < -0.3 is 11.8 Å². The van der Waals surface area contributed by atoms with Crippen LogP contribution in [0.5, 0.6) is 0 Å². The first-order chi connectivity index (χ1) is 6.41. The fourth-order valence-electron chi connectivity index (χ4n) is 0.735. The van der Waals surface area contributed by atoms with Gasteiger partial charge in [-0.2, -0.15) is 29.9 Å². The maximum atomic E-state index is 4.73. The van der Waals surface area contributed by atoms with Crippen LogP contribution in [-0.2, 0) is 12.9 Å². The summed E-state index contributed by atoms with van der Waals surface area (Å²) >= 11 is 6.52. The topological polar surface area (TPSA) is 0 Å². The van der Waals surface area contributed by atoms with Crippen LogP contribution in [0.4, 0.5) is 0 Å². The van der Waals surface area contributed by atoms with Crippen molar-refractivity contribution < 1.29 is 12.9 Å². The van der Waals surface area contributed by atoms with Crippen LogP contribution in [0, 0.1) is 5.75 Å². The summed E-state index contributed by atoms with van der Waals surface area (Å²) in [5.41, 5.74) is 0. The van der Waals surface area contributed by atoms with E-state index in [1.54, 1.807) is 0 Å². The second-order valence-corrected chi connectivity index (χ2v) is 7.53. The molecule has 1 fully saturated rings. The number of hydrogen-bond donors (Lipinski definition) is 0. The zero-order chi connectivity index (χ0) is 9.78. The van der Waals surface area contributed by atoms with E-state index in [1.165, 1.54) is 35.2 Å². The summed E-state index contributed by atoms with van der Waals surface area (Å²) in [4.78, 5) is 0. The van der Waals surface area contributed by atoms with Gasteiger partial charge in [-0.1, -0.05) is 0 Å². The molecule has 13 heavy (non-hydrogen) atoms. The minimum absolute atomic E-state index is 0.382. The molecule has 0 aromatic rings. The predicted molar refractivity (Wildman–Crippen MR) is 67.5 cm³/mol. The van der Waals surface area contributed by atoms with E-state index in [9.17, 15) is 0 Å². The van der Waals surface area contributed by atoms with Gasteiger partial charge in [0.15, 0.2) is 0 Å². The van der Waals surface area contributed by atoms with Crippen LogP contribution in [0.15, 0.2) is 0 Å². The molecule has 6 heteroatoms. The molecule has 0 N–H and O–H groups in total. The number of thioether (sulfide) groups is 3. The number of hydrogen-bond acceptors (Lipinski definition) is 3. The van der Waals surface area contributed by atoms with Gasteiger partial charge in [-0.15, -0.1) is 0 Å². The normalized spacial score (nSPS) is 20.2. The standard InChI is InChI=1S/C7H13S3.2ClH.Co/c1-3-8-4-2-6-10-7-9-5-1;;;/h5H,1-4,6-7H2;2*1H;/q-1;;;+3/p-2. The Kier molecular flexibility index (Phi) is 16.5. The van der Waals surface area contributed by atoms with Crippen LogP contribution in [0.1, 0.15) is 12.8 Å². The van der Waals surface area contributed by atoms with Gasteiger partial charge in [0, 0.05) is 5.08 Å². The van der Waals surface area contributed by atoms with Crippen LogP contribution in [-0.4, -0.2) is 22.3 Å². The van der Waals surface area contributed by atoms with Crippen molar-refractivity contribution in [2.75, 3.05) is 22.3 Å². The zero-order valence-electron chi connectivity index (χ0n) is 7.13. The van der Waals surface area contributed by atoms with Crippen molar-refractivity contribution in [3.63, 3.8) is 0 Å². The van der Waals surface area contributed by atoms with E-state index in [2.05, 4.69) is 29.3 Å². The first kappa shape index (κ1) is 15.1. The molecule has 0 nitrogen and oxygen atoms in total. The molecule has 0 aromatic carbocycles. The molecule has 0 atom stereocenters. The maximum absolute atomic E-state index is 4.73. The molecular weight excluding hydrogens is 310 g/mol. The van der Waals surface area contributed by atoms with Crippen LogP contribution < -0.4 is 0 Å². The molecule has 82 valence electrons. The van der Waals surface area contributed by atoms with Gasteiger partial charge in [0.2, 0.25) is 0 Å². The summed E-state index contributed by atoms with van der Waals surface area (Å²) in [5, 5.41) is 1.27. The SMILES string of the molecule is [CH-]1CCSCCCSCS1.[Cl][Co+][Cl]. The molecule has 1 heterocycles. The van der Waals surface area contributed by atoms with Crippen LogP contribution in [0.3, 0.4) is 0 Å². The second kappa shape index (κ2) is 14.1. The quantitative estimate of drug-likeness (QED) is 0.604. The molecule has 0 spiro atoms. The molecule has 1 aliphatic rings. The molecule has 0 unspecified atom stereocenters. The summed E-state index contributed by atoms with van der Waals surface area (Å²) in [6, 6.07) is 0. The Labute approximate surface area is 109 Å². The summed E-state index contributed by atoms with van der Waals surface area (Å²) < 4.78 is 0. The zero-order valence-corrected chi connectivity index (χ0v) is 12.1. The Bertz CT molecular complexity index is 64.6. The predicted octanol–water partition coefficient (Wildman–Crippen LogP) is 4.48. The summed E-state index contributed by atoms with van der Waals surface area (Å²) in [6.07, 6.45) is 2.69. The van der Waals surface area contributed by atoms with E-state index in [-0.39, 0.29) is 0 Å². The average Bonchev–Trinajstić information content (AvgIpc) is 2.16. The molecular formula is C7H13Cl2CoS3. The molecule has 1 saturated heterocycles. The van der Waals surface area contributed by atoms with Crippen molar-refractivity contribution in [2.24, 2.45) is 0 Å². The van der Waals surface area contributed by atoms with Crippen molar-refractivity contribution in [1.82, 2.24) is 0 Å². The van der Waals surface area contributed by atoms with E-state index in [0.29, 0.717) is 12.9 Å². The van der Waals surface area contributed by atoms with Gasteiger partial charge in [-0.05, 0) is 23.7 Å². The average molecular weight is 323 g/mol. The summed E-state index contributed by atoms with van der Waals surface area (Å²) in [7, 11) is 9.47. The van der Waals surface area contributed by atoms with Crippen LogP contribution >= 0.6 is 55.6 Å². The van der Waals surface area contributed by atoms with E-state index in [0.717, 1.165) is 0 Å². The second-order valence-electron chi connectivity index (χ2n) is 2.16. The molecule has 0 saturated carbocycles. The first-order valence-electron chi connectivity index (χ1n) is 3.84. The minimum atomic E-state index is 0.382. The third-order valence-corrected chi connectivity index (χ3v) is 4.59. The Balaban J connectivity index is 0.000000424. The Morgan fingerprint density at radius 1 is 1.08 bits per heavy atom. The van der Waals surface area contributed by atoms with Crippen molar-refractivity contribution in [2.45, 2.75) is 12.8 Å². The van der Waals surface area contributed by atoms with Gasteiger partial charge in [-0.25, -0.2) is 0 Å². The molecule has 0 bridgehead atoms. The molecule has 0 aliphatic carbocycles. The van der Waals surface area contributed by atoms with Gasteiger partial charge in [0.05, 0.1) is 0 Å². The van der Waals surface area contributed by atoms with Crippen molar-refractivity contribution >= 4 is 55.6 Å². The Morgan fingerprint density at radius 3 is 2.54 bits per heavy atom. The van der Waals surface area contributed by atoms with Gasteiger partial charge in [0.25, 0.3) is 0 Å². The summed E-state index contributed by atoms with van der Waals surface area (Å²) in [5.74, 6) is 6.41. The number of rotatable bonds is 0. The molecule has 1 rings (SSSR count). The molecule has 1 aliphatic heterocycles. The third-order valence-electron chi connectivity index (χ3n) is 1.23. The fraction of sp³-hybridized carbons (Fsp3) is 0.857. The van der Waals surface area contributed by atoms with Crippen LogP contribution in [0.2, 0.25) is 0 Å². The monoisotopic (exact) mass is 322 g/mol. The fourth-order valence-corrected chi connectivity index (χ4v) is 3.78. The molecule has 0 amide bonds. The van der Waals surface area contributed by atoms with Crippen LogP contribution in [0.25, 0.3) is 0 Å². The van der Waals surface area contributed by atoms with Gasteiger partial charge >= 0.3 is 33.2 Å². The molecule has 0 aromatic heterocycles. The Hall–Kier alpha value is 2.14. The van der Waals surface area contributed by atoms with E-state index < -0.39 is 0 Å². The van der Waals surface area contributed by atoms with Crippen molar-refractivity contribution in [1.29, 1.82) is 0 Å². The summed E-state index contributed by atoms with van der Waals surface area (Å²) in [6.45, 7) is 0. The van der Waals surface area contributed by atoms with E-state index in [1.807, 2.05) is 11.8 Å². The number of halogens is 2. The molecule has 0 radical (unpaired) electrons.